The standard InChI is InChI=1S/C10H6BrNO/c11-9-6-7(1-3-12)5-8-2-4-13-10(8)9/h2,4-6H,1H2. The lowest BCUT2D eigenvalue weighted by Crippen LogP contribution is -1.81. The lowest BCUT2D eigenvalue weighted by atomic mass is 10.1. The molecule has 1 aromatic carbocycles. The Morgan fingerprint density at radius 1 is 1.46 bits per heavy atom. The fourth-order valence-corrected chi connectivity index (χ4v) is 1.91. The number of nitriles is 1. The third-order valence-corrected chi connectivity index (χ3v) is 2.44. The van der Waals surface area contributed by atoms with Crippen LogP contribution >= 0.6 is 15.9 Å². The first-order valence-corrected chi connectivity index (χ1v) is 4.63. The Morgan fingerprint density at radius 3 is 3.08 bits per heavy atom. The Balaban J connectivity index is 2.64. The van der Waals surface area contributed by atoms with E-state index in [1.807, 2.05) is 18.2 Å². The van der Waals surface area contributed by atoms with Crippen molar-refractivity contribution in [3.8, 4) is 6.07 Å². The predicted octanol–water partition coefficient (Wildman–Crippen LogP) is 3.26. The molecule has 0 unspecified atom stereocenters. The van der Waals surface area contributed by atoms with E-state index < -0.39 is 0 Å². The first-order chi connectivity index (χ1) is 6.31. The summed E-state index contributed by atoms with van der Waals surface area (Å²) in [5.74, 6) is 0. The second-order valence-electron chi connectivity index (χ2n) is 2.75. The molecular weight excluding hydrogens is 230 g/mol. The number of fused-ring (bicyclic) bond motifs is 1. The van der Waals surface area contributed by atoms with Gasteiger partial charge >= 0.3 is 0 Å². The van der Waals surface area contributed by atoms with E-state index in [9.17, 15) is 0 Å². The van der Waals surface area contributed by atoms with E-state index >= 15 is 0 Å². The molecule has 0 spiro atoms. The highest BCUT2D eigenvalue weighted by atomic mass is 79.9. The molecule has 2 nitrogen and oxygen atoms in total. The lowest BCUT2D eigenvalue weighted by molar-refractivity contribution is 0.614. The molecule has 0 amide bonds. The van der Waals surface area contributed by atoms with Gasteiger partial charge in [0.2, 0.25) is 0 Å². The summed E-state index contributed by atoms with van der Waals surface area (Å²) in [6, 6.07) is 7.88. The van der Waals surface area contributed by atoms with Crippen LogP contribution in [-0.2, 0) is 6.42 Å². The van der Waals surface area contributed by atoms with Gasteiger partial charge in [0.05, 0.1) is 23.2 Å². The molecule has 0 N–H and O–H groups in total. The second kappa shape index (κ2) is 3.23. The maximum atomic E-state index is 8.54. The van der Waals surface area contributed by atoms with Crippen LogP contribution in [0.15, 0.2) is 33.4 Å². The first-order valence-electron chi connectivity index (χ1n) is 3.84. The summed E-state index contributed by atoms with van der Waals surface area (Å²) in [6.07, 6.45) is 2.07. The summed E-state index contributed by atoms with van der Waals surface area (Å²) in [4.78, 5) is 0. The van der Waals surface area contributed by atoms with Gasteiger partial charge in [-0.05, 0) is 39.7 Å². The number of halogens is 1. The zero-order chi connectivity index (χ0) is 9.26. The van der Waals surface area contributed by atoms with Crippen molar-refractivity contribution < 1.29 is 4.42 Å². The quantitative estimate of drug-likeness (QED) is 0.761. The fraction of sp³-hybridized carbons (Fsp3) is 0.100. The highest BCUT2D eigenvalue weighted by Gasteiger charge is 2.03. The van der Waals surface area contributed by atoms with Gasteiger partial charge in [-0.1, -0.05) is 0 Å². The van der Waals surface area contributed by atoms with E-state index in [1.54, 1.807) is 6.26 Å². The number of benzene rings is 1. The van der Waals surface area contributed by atoms with Crippen LogP contribution in [0.1, 0.15) is 5.56 Å². The molecule has 0 atom stereocenters. The van der Waals surface area contributed by atoms with Crippen LogP contribution in [0.2, 0.25) is 0 Å². The Bertz CT molecular complexity index is 481. The van der Waals surface area contributed by atoms with Crippen molar-refractivity contribution in [1.82, 2.24) is 0 Å². The SMILES string of the molecule is N#CCc1cc(Br)c2occc2c1. The Labute approximate surface area is 83.9 Å². The highest BCUT2D eigenvalue weighted by Crippen LogP contribution is 2.26. The van der Waals surface area contributed by atoms with Crippen LogP contribution < -0.4 is 0 Å². The molecule has 3 heteroatoms. The van der Waals surface area contributed by atoms with Gasteiger partial charge in [0.1, 0.15) is 5.58 Å². The molecule has 0 aliphatic carbocycles. The van der Waals surface area contributed by atoms with Crippen molar-refractivity contribution in [3.05, 3.63) is 34.5 Å². The molecular formula is C10H6BrNO. The largest absolute Gasteiger partial charge is 0.463 e. The minimum absolute atomic E-state index is 0.430. The third-order valence-electron chi connectivity index (χ3n) is 1.85. The van der Waals surface area contributed by atoms with Crippen LogP contribution in [0.5, 0.6) is 0 Å². The smallest absolute Gasteiger partial charge is 0.148 e. The topological polar surface area (TPSA) is 36.9 Å². The molecule has 0 aliphatic rings. The lowest BCUT2D eigenvalue weighted by Gasteiger charge is -1.97. The molecule has 2 rings (SSSR count). The van der Waals surface area contributed by atoms with Gasteiger partial charge in [0, 0.05) is 5.39 Å². The molecule has 0 aliphatic heterocycles. The van der Waals surface area contributed by atoms with Crippen molar-refractivity contribution in [3.63, 3.8) is 0 Å². The van der Waals surface area contributed by atoms with Gasteiger partial charge in [-0.3, -0.25) is 0 Å². The van der Waals surface area contributed by atoms with Crippen molar-refractivity contribution in [2.45, 2.75) is 6.42 Å². The predicted molar refractivity (Wildman–Crippen MR) is 53.2 cm³/mol. The molecule has 2 aromatic rings. The van der Waals surface area contributed by atoms with Gasteiger partial charge in [0.15, 0.2) is 0 Å². The summed E-state index contributed by atoms with van der Waals surface area (Å²) >= 11 is 3.39. The Kier molecular flexibility index (Phi) is 2.07. The highest BCUT2D eigenvalue weighted by molar-refractivity contribution is 9.10. The van der Waals surface area contributed by atoms with Crippen LogP contribution in [0.3, 0.4) is 0 Å². The van der Waals surface area contributed by atoms with Crippen LogP contribution in [0.25, 0.3) is 11.0 Å². The number of hydrogen-bond donors (Lipinski definition) is 0. The second-order valence-corrected chi connectivity index (χ2v) is 3.61. The van der Waals surface area contributed by atoms with Crippen LogP contribution in [0.4, 0.5) is 0 Å². The fourth-order valence-electron chi connectivity index (χ4n) is 1.29. The molecule has 1 aromatic heterocycles. The van der Waals surface area contributed by atoms with E-state index in [0.717, 1.165) is 21.0 Å². The molecule has 0 fully saturated rings. The molecule has 0 saturated carbocycles. The van der Waals surface area contributed by atoms with Gasteiger partial charge in [0.25, 0.3) is 0 Å². The maximum absolute atomic E-state index is 8.54. The number of furan rings is 1. The van der Waals surface area contributed by atoms with E-state index in [-0.39, 0.29) is 0 Å². The molecule has 0 saturated heterocycles. The van der Waals surface area contributed by atoms with Crippen molar-refractivity contribution in [2.24, 2.45) is 0 Å². The summed E-state index contributed by atoms with van der Waals surface area (Å²) in [7, 11) is 0. The van der Waals surface area contributed by atoms with E-state index in [4.69, 9.17) is 9.68 Å². The summed E-state index contributed by atoms with van der Waals surface area (Å²) < 4.78 is 6.16. The van der Waals surface area contributed by atoms with Gasteiger partial charge in [-0.25, -0.2) is 0 Å². The number of rotatable bonds is 1. The zero-order valence-electron chi connectivity index (χ0n) is 6.75. The summed E-state index contributed by atoms with van der Waals surface area (Å²) in [5, 5.41) is 9.57. The average Bonchev–Trinajstić information content (AvgIpc) is 2.53. The molecule has 64 valence electrons. The Morgan fingerprint density at radius 2 is 2.31 bits per heavy atom. The number of nitrogens with zero attached hydrogens (tertiary/aromatic N) is 1. The zero-order valence-corrected chi connectivity index (χ0v) is 8.34. The summed E-state index contributed by atoms with van der Waals surface area (Å²) in [6.45, 7) is 0. The Hall–Kier alpha value is -1.27. The molecule has 0 radical (unpaired) electrons. The van der Waals surface area contributed by atoms with Gasteiger partial charge in [-0.15, -0.1) is 0 Å². The van der Waals surface area contributed by atoms with E-state index in [2.05, 4.69) is 22.0 Å². The van der Waals surface area contributed by atoms with Crippen molar-refractivity contribution >= 4 is 26.9 Å². The van der Waals surface area contributed by atoms with Crippen molar-refractivity contribution in [1.29, 1.82) is 5.26 Å². The normalized spacial score (nSPS) is 10.2. The van der Waals surface area contributed by atoms with Crippen molar-refractivity contribution in [2.75, 3.05) is 0 Å². The molecule has 0 bridgehead atoms. The van der Waals surface area contributed by atoms with E-state index in [1.165, 1.54) is 0 Å². The third kappa shape index (κ3) is 1.45. The monoisotopic (exact) mass is 235 g/mol. The summed E-state index contributed by atoms with van der Waals surface area (Å²) in [5.41, 5.74) is 1.84. The average molecular weight is 236 g/mol. The first kappa shape index (κ1) is 8.33. The van der Waals surface area contributed by atoms with E-state index in [0.29, 0.717) is 6.42 Å². The minimum Gasteiger partial charge on any atom is -0.463 e. The van der Waals surface area contributed by atoms with Crippen LogP contribution in [-0.4, -0.2) is 0 Å². The molecule has 13 heavy (non-hydrogen) atoms. The number of hydrogen-bond acceptors (Lipinski definition) is 2. The maximum Gasteiger partial charge on any atom is 0.148 e. The van der Waals surface area contributed by atoms with Gasteiger partial charge in [-0.2, -0.15) is 5.26 Å². The van der Waals surface area contributed by atoms with Gasteiger partial charge < -0.3 is 4.42 Å². The minimum atomic E-state index is 0.430. The van der Waals surface area contributed by atoms with Crippen LogP contribution in [0, 0.1) is 11.3 Å². The molecule has 1 heterocycles.